The van der Waals surface area contributed by atoms with Gasteiger partial charge in [-0.2, -0.15) is 10.2 Å². The number of carboxylic acid groups (broad SMARTS) is 1. The minimum absolute atomic E-state index is 0.0541. The van der Waals surface area contributed by atoms with Crippen molar-refractivity contribution in [2.75, 3.05) is 50.5 Å². The SMILES string of the molecule is CCn1nc(C)cc1C(=O)Nc1nc2cc(C(N)=O)cc(OC)c2n1C/C=C/Cn1c(NC(=O)c2cc(C)nn2CC)nc2cc(C(N)=O)cc(OCCCN3CCC(c4nnc5n4CCN(C(=O)OCc4ccc(O[C@@H]6O[C@H](C(=O)O)[C@@H](O)[C@H](O)[C@H]6O)c(CN)c4)C5)CC3)c21. The number of carbonyl (C=O) groups excluding carboxylic acids is 5. The van der Waals surface area contributed by atoms with Gasteiger partial charge in [-0.15, -0.1) is 10.2 Å². The van der Waals surface area contributed by atoms with Crippen molar-refractivity contribution in [1.29, 1.82) is 0 Å². The lowest BCUT2D eigenvalue weighted by Crippen LogP contribution is -2.61. The molecular weight excluding hydrogens is 1250 g/mol. The summed E-state index contributed by atoms with van der Waals surface area (Å²) in [4.78, 5) is 91.7. The maximum Gasteiger partial charge on any atom is 0.410 e. The number of nitrogens with two attached hydrogens (primary N) is 3. The van der Waals surface area contributed by atoms with Crippen molar-refractivity contribution in [2.45, 2.75) is 136 Å². The lowest BCUT2D eigenvalue weighted by molar-refractivity contribution is -0.271. The van der Waals surface area contributed by atoms with Crippen LogP contribution in [0.4, 0.5) is 16.7 Å². The highest BCUT2D eigenvalue weighted by Crippen LogP contribution is 2.35. The molecular formula is C63H76N18O15. The number of hydrogen-bond donors (Lipinski definition) is 9. The number of carbonyl (C=O) groups is 6. The molecule has 0 radical (unpaired) electrons. The molecule has 33 heteroatoms. The van der Waals surface area contributed by atoms with Gasteiger partial charge in [0.05, 0.1) is 42.7 Å². The first-order valence-corrected chi connectivity index (χ1v) is 31.3. The van der Waals surface area contributed by atoms with Crippen LogP contribution in [0, 0.1) is 13.8 Å². The van der Waals surface area contributed by atoms with Crippen LogP contribution < -0.4 is 42.0 Å². The van der Waals surface area contributed by atoms with Crippen molar-refractivity contribution in [1.82, 2.24) is 63.2 Å². The van der Waals surface area contributed by atoms with E-state index in [-0.39, 0.29) is 79.8 Å². The van der Waals surface area contributed by atoms with E-state index in [0.717, 1.165) is 31.8 Å². The van der Waals surface area contributed by atoms with E-state index in [4.69, 9.17) is 50.9 Å². The van der Waals surface area contributed by atoms with E-state index in [1.54, 1.807) is 73.6 Å². The number of aromatic nitrogens is 11. The van der Waals surface area contributed by atoms with Gasteiger partial charge in [0, 0.05) is 75.0 Å². The monoisotopic (exact) mass is 1320 g/mol. The van der Waals surface area contributed by atoms with Crippen molar-refractivity contribution in [3.05, 3.63) is 123 Å². The molecule has 33 nitrogen and oxygen atoms in total. The second kappa shape index (κ2) is 28.7. The number of piperidine rings is 1. The van der Waals surface area contributed by atoms with Crippen molar-refractivity contribution >= 4 is 69.7 Å². The largest absolute Gasteiger partial charge is 0.494 e. The molecule has 0 aliphatic carbocycles. The zero-order valence-corrected chi connectivity index (χ0v) is 53.5. The number of allylic oxidation sites excluding steroid dienone is 2. The molecule has 11 rings (SSSR count). The summed E-state index contributed by atoms with van der Waals surface area (Å²) >= 11 is 0. The Morgan fingerprint density at radius 2 is 1.32 bits per heavy atom. The molecule has 5 amide bonds. The summed E-state index contributed by atoms with van der Waals surface area (Å²) < 4.78 is 37.7. The lowest BCUT2D eigenvalue weighted by atomic mass is 9.95. The summed E-state index contributed by atoms with van der Waals surface area (Å²) in [7, 11) is 1.45. The summed E-state index contributed by atoms with van der Waals surface area (Å²) in [6, 6.07) is 14.2. The number of amides is 5. The number of hydrogen-bond acceptors (Lipinski definition) is 22. The number of aliphatic hydroxyl groups is 3. The number of rotatable bonds is 25. The molecule has 0 spiro atoms. The van der Waals surface area contributed by atoms with Crippen LogP contribution in [0.15, 0.2) is 66.7 Å². The second-order valence-corrected chi connectivity index (χ2v) is 23.5. The highest BCUT2D eigenvalue weighted by atomic mass is 16.7. The lowest BCUT2D eigenvalue weighted by Gasteiger charge is -2.38. The molecule has 8 aromatic rings. The highest BCUT2D eigenvalue weighted by molar-refractivity contribution is 6.05. The van der Waals surface area contributed by atoms with E-state index in [0.29, 0.717) is 107 Å². The minimum atomic E-state index is -1.88. The average Bonchev–Trinajstić information content (AvgIpc) is 1.60. The van der Waals surface area contributed by atoms with Crippen LogP contribution in [0.2, 0.25) is 0 Å². The van der Waals surface area contributed by atoms with Gasteiger partial charge in [0.15, 0.2) is 11.9 Å². The predicted octanol–water partition coefficient (Wildman–Crippen LogP) is 2.53. The van der Waals surface area contributed by atoms with Gasteiger partial charge >= 0.3 is 12.1 Å². The Balaban J connectivity index is 0.739. The van der Waals surface area contributed by atoms with Crippen LogP contribution in [0.25, 0.3) is 22.1 Å². The molecule has 3 aliphatic heterocycles. The molecule has 508 valence electrons. The van der Waals surface area contributed by atoms with Crippen molar-refractivity contribution < 1.29 is 72.9 Å². The van der Waals surface area contributed by atoms with Gasteiger partial charge in [0.2, 0.25) is 30.0 Å². The number of primary amides is 2. The van der Waals surface area contributed by atoms with Crippen LogP contribution in [-0.2, 0) is 66.7 Å². The third-order valence-corrected chi connectivity index (χ3v) is 17.1. The summed E-state index contributed by atoms with van der Waals surface area (Å²) in [5.41, 5.74) is 22.4. The maximum absolute atomic E-state index is 14.1. The number of aliphatic hydroxyl groups excluding tert-OH is 3. The van der Waals surface area contributed by atoms with Gasteiger partial charge in [0.1, 0.15) is 70.4 Å². The molecule has 0 bridgehead atoms. The maximum atomic E-state index is 14.1. The first-order valence-electron chi connectivity index (χ1n) is 31.3. The fourth-order valence-corrected chi connectivity index (χ4v) is 12.2. The summed E-state index contributed by atoms with van der Waals surface area (Å²) in [5, 5.41) is 64.0. The number of carboxylic acids is 1. The third kappa shape index (κ3) is 14.1. The highest BCUT2D eigenvalue weighted by Gasteiger charge is 2.48. The van der Waals surface area contributed by atoms with Gasteiger partial charge in [-0.25, -0.2) is 19.6 Å². The van der Waals surface area contributed by atoms with Crippen LogP contribution in [-0.4, -0.2) is 190 Å². The molecule has 5 aromatic heterocycles. The minimum Gasteiger partial charge on any atom is -0.494 e. The zero-order chi connectivity index (χ0) is 68.2. The first-order chi connectivity index (χ1) is 46.1. The Morgan fingerprint density at radius 3 is 1.89 bits per heavy atom. The molecule has 5 atom stereocenters. The molecule has 8 heterocycles. The Hall–Kier alpha value is -10.3. The summed E-state index contributed by atoms with van der Waals surface area (Å²) in [5.74, 6) is -1.28. The number of nitrogens with one attached hydrogen (secondary N) is 2. The quantitative estimate of drug-likeness (QED) is 0.0293. The summed E-state index contributed by atoms with van der Waals surface area (Å²) in [6.07, 6.45) is -3.66. The van der Waals surface area contributed by atoms with Gasteiger partial charge in [-0.3, -0.25) is 44.1 Å². The van der Waals surface area contributed by atoms with Crippen LogP contribution in [0.5, 0.6) is 17.2 Å². The van der Waals surface area contributed by atoms with Crippen molar-refractivity contribution in [3.63, 3.8) is 0 Å². The number of aryl methyl sites for hydroxylation is 4. The molecule has 2 fully saturated rings. The fourth-order valence-electron chi connectivity index (χ4n) is 12.2. The van der Waals surface area contributed by atoms with Crippen LogP contribution in [0.1, 0.15) is 115 Å². The van der Waals surface area contributed by atoms with Gasteiger partial charge in [-0.05, 0) is 114 Å². The molecule has 2 saturated heterocycles. The Labute approximate surface area is 548 Å². The normalized spacial score (nSPS) is 18.4. The number of ether oxygens (including phenoxy) is 5. The molecule has 0 unspecified atom stereocenters. The van der Waals surface area contributed by atoms with Crippen LogP contribution >= 0.6 is 0 Å². The molecule has 96 heavy (non-hydrogen) atoms. The topological polar surface area (TPSA) is 440 Å². The van der Waals surface area contributed by atoms with Crippen molar-refractivity contribution in [2.24, 2.45) is 17.2 Å². The summed E-state index contributed by atoms with van der Waals surface area (Å²) in [6.45, 7) is 11.7. The number of imidazole rings is 2. The van der Waals surface area contributed by atoms with E-state index in [2.05, 4.69) is 40.5 Å². The molecule has 3 aromatic carbocycles. The first kappa shape index (κ1) is 67.1. The molecule has 12 N–H and O–H groups in total. The number of anilines is 2. The third-order valence-electron chi connectivity index (χ3n) is 17.1. The van der Waals surface area contributed by atoms with Crippen LogP contribution in [0.3, 0.4) is 0 Å². The number of fused-ring (bicyclic) bond motifs is 3. The number of aliphatic carboxylic acids is 1. The fraction of sp³-hybridized carbons (Fsp3) is 0.429. The number of benzene rings is 3. The van der Waals surface area contributed by atoms with E-state index < -0.39 is 66.4 Å². The Kier molecular flexibility index (Phi) is 20.1. The molecule has 3 aliphatic rings. The number of likely N-dealkylation sites (tertiary alicyclic amines) is 1. The van der Waals surface area contributed by atoms with Gasteiger partial charge in [0.25, 0.3) is 11.8 Å². The second-order valence-electron chi connectivity index (χ2n) is 23.5. The zero-order valence-electron chi connectivity index (χ0n) is 53.5. The average molecular weight is 1330 g/mol. The Morgan fingerprint density at radius 1 is 0.729 bits per heavy atom. The standard InChI is InChI=1S/C63H76N18O15/c1-6-80-42(23-33(3)73-80)57(87)69-61-67-40-26-37(54(65)85)28-45(92-5)48(40)78(61)16-8-9-17-79-49-41(68-62(79)70-58(88)43-24-34(4)74-81(43)7-2)27-38(55(66)86)29-46(49)93-22-10-15-75-18-13-36(14-19-75)56-72-71-47-31-76(20-21-77(47)56)63(91)94-32-35-11-12-44(39(25-35)30-64)95-60-52(84)50(82)51(83)53(96-60)59(89)90/h8-9,11-12,23-29,36,50-53,60,82-84H,6-7,10,13-22,30-32,64H2,1-5H3,(H2,65,85)(H2,66,86)(H,89,90)(H,67,69,87)(H,68,70,88)/b9-8+/t50-,51-,52+,53-,60+/m0/s1. The van der Waals surface area contributed by atoms with E-state index in [1.807, 2.05) is 26.0 Å². The van der Waals surface area contributed by atoms with E-state index >= 15 is 0 Å². The molecule has 0 saturated carbocycles. The van der Waals surface area contributed by atoms with Crippen molar-refractivity contribution in [3.8, 4) is 17.2 Å². The predicted molar refractivity (Wildman–Crippen MR) is 342 cm³/mol. The van der Waals surface area contributed by atoms with Gasteiger partial charge < -0.3 is 79.9 Å². The van der Waals surface area contributed by atoms with Gasteiger partial charge in [-0.1, -0.05) is 18.2 Å². The Bertz CT molecular complexity index is 4290. The van der Waals surface area contributed by atoms with E-state index in [9.17, 15) is 49.2 Å². The smallest absolute Gasteiger partial charge is 0.410 e. The number of nitrogens with zero attached hydrogens (tertiary/aromatic N) is 13. The number of methoxy groups -OCH3 is 1. The van der Waals surface area contributed by atoms with E-state index in [1.165, 1.54) is 25.3 Å².